The smallest absolute Gasteiger partial charge is 0.306 e. The van der Waals surface area contributed by atoms with Crippen LogP contribution in [0, 0.1) is 0 Å². The van der Waals surface area contributed by atoms with Gasteiger partial charge in [0.15, 0.2) is 0 Å². The van der Waals surface area contributed by atoms with Gasteiger partial charge in [-0.15, -0.1) is 0 Å². The van der Waals surface area contributed by atoms with E-state index in [1.165, 1.54) is 0 Å². The normalized spacial score (nSPS) is 12.1. The Kier molecular flexibility index (Phi) is 7.68. The predicted octanol–water partition coefficient (Wildman–Crippen LogP) is 2.36. The summed E-state index contributed by atoms with van der Waals surface area (Å²) in [5.74, 6) is -1.04. The number of ether oxygens (including phenoxy) is 1. The number of esters is 1. The van der Waals surface area contributed by atoms with E-state index in [4.69, 9.17) is 9.84 Å². The number of carbonyl (C=O) groups excluding carboxylic acids is 1. The zero-order valence-electron chi connectivity index (χ0n) is 9.49. The van der Waals surface area contributed by atoms with Gasteiger partial charge in [0, 0.05) is 12.8 Å². The van der Waals surface area contributed by atoms with Gasteiger partial charge in [-0.25, -0.2) is 0 Å². The molecule has 0 saturated heterocycles. The van der Waals surface area contributed by atoms with E-state index in [0.717, 1.165) is 12.8 Å². The Morgan fingerprint density at radius 2 is 1.87 bits per heavy atom. The van der Waals surface area contributed by atoms with Crippen LogP contribution in [-0.4, -0.2) is 23.1 Å². The van der Waals surface area contributed by atoms with Gasteiger partial charge in [0.2, 0.25) is 0 Å². The Morgan fingerprint density at radius 3 is 2.40 bits per heavy atom. The lowest BCUT2D eigenvalue weighted by molar-refractivity contribution is -0.149. The maximum absolute atomic E-state index is 11.2. The Hall–Kier alpha value is -1.06. The van der Waals surface area contributed by atoms with Gasteiger partial charge in [-0.2, -0.15) is 0 Å². The molecule has 0 aromatic carbocycles. The molecule has 0 aromatic heterocycles. The third-order valence-corrected chi connectivity index (χ3v) is 2.05. The van der Waals surface area contributed by atoms with Gasteiger partial charge in [0.25, 0.3) is 0 Å². The van der Waals surface area contributed by atoms with Crippen LogP contribution < -0.4 is 0 Å². The summed E-state index contributed by atoms with van der Waals surface area (Å²) in [6.45, 7) is 3.91. The second-order valence-electron chi connectivity index (χ2n) is 3.69. The Labute approximate surface area is 90.6 Å². The second kappa shape index (κ2) is 8.26. The van der Waals surface area contributed by atoms with E-state index in [9.17, 15) is 9.59 Å². The van der Waals surface area contributed by atoms with Gasteiger partial charge in [0.05, 0.1) is 6.10 Å². The summed E-state index contributed by atoms with van der Waals surface area (Å²) >= 11 is 0. The first-order valence-electron chi connectivity index (χ1n) is 5.47. The average molecular weight is 216 g/mol. The van der Waals surface area contributed by atoms with Crippen molar-refractivity contribution < 1.29 is 19.4 Å². The average Bonchev–Trinajstić information content (AvgIpc) is 2.12. The van der Waals surface area contributed by atoms with Gasteiger partial charge >= 0.3 is 11.9 Å². The number of hydrogen-bond acceptors (Lipinski definition) is 3. The summed E-state index contributed by atoms with van der Waals surface area (Å²) < 4.78 is 5.11. The lowest BCUT2D eigenvalue weighted by Gasteiger charge is -2.11. The standard InChI is InChI=1S/C11H20O4/c1-3-6-9(2)15-11(14)8-5-4-7-10(12)13/h9H,3-8H2,1-2H3,(H,12,13). The first kappa shape index (κ1) is 13.9. The highest BCUT2D eigenvalue weighted by Crippen LogP contribution is 2.06. The molecule has 0 aromatic rings. The molecule has 4 nitrogen and oxygen atoms in total. The SMILES string of the molecule is CCCC(C)OC(=O)CCCCC(=O)O. The summed E-state index contributed by atoms with van der Waals surface area (Å²) in [7, 11) is 0. The highest BCUT2D eigenvalue weighted by molar-refractivity contribution is 5.70. The molecule has 0 heterocycles. The highest BCUT2D eigenvalue weighted by Gasteiger charge is 2.08. The number of hydrogen-bond donors (Lipinski definition) is 1. The minimum absolute atomic E-state index is 0.0260. The third-order valence-electron chi connectivity index (χ3n) is 2.05. The fraction of sp³-hybridized carbons (Fsp3) is 0.818. The minimum atomic E-state index is -0.817. The minimum Gasteiger partial charge on any atom is -0.481 e. The lowest BCUT2D eigenvalue weighted by Crippen LogP contribution is -2.14. The summed E-state index contributed by atoms with van der Waals surface area (Å²) in [4.78, 5) is 21.4. The molecule has 4 heteroatoms. The number of carbonyl (C=O) groups is 2. The maximum atomic E-state index is 11.2. The largest absolute Gasteiger partial charge is 0.481 e. The van der Waals surface area contributed by atoms with Crippen molar-refractivity contribution in [3.63, 3.8) is 0 Å². The molecule has 0 aliphatic rings. The third kappa shape index (κ3) is 9.25. The maximum Gasteiger partial charge on any atom is 0.306 e. The quantitative estimate of drug-likeness (QED) is 0.499. The van der Waals surface area contributed by atoms with Crippen molar-refractivity contribution in [1.29, 1.82) is 0 Å². The summed E-state index contributed by atoms with van der Waals surface area (Å²) in [6, 6.07) is 0. The number of rotatable bonds is 8. The van der Waals surface area contributed by atoms with Crippen LogP contribution in [0.25, 0.3) is 0 Å². The van der Waals surface area contributed by atoms with Gasteiger partial charge in [-0.1, -0.05) is 13.3 Å². The first-order chi connectivity index (χ1) is 7.06. The molecule has 0 rings (SSSR count). The molecule has 1 atom stereocenters. The van der Waals surface area contributed by atoms with Crippen molar-refractivity contribution in [2.45, 2.75) is 58.5 Å². The molecule has 0 aliphatic carbocycles. The van der Waals surface area contributed by atoms with E-state index in [-0.39, 0.29) is 18.5 Å². The number of carboxylic acid groups (broad SMARTS) is 1. The molecule has 0 radical (unpaired) electrons. The van der Waals surface area contributed by atoms with Crippen molar-refractivity contribution in [3.05, 3.63) is 0 Å². The van der Waals surface area contributed by atoms with Crippen molar-refractivity contribution in [1.82, 2.24) is 0 Å². The van der Waals surface area contributed by atoms with Crippen LogP contribution in [0.2, 0.25) is 0 Å². The number of carboxylic acids is 1. The topological polar surface area (TPSA) is 63.6 Å². The molecule has 0 amide bonds. The van der Waals surface area contributed by atoms with Gasteiger partial charge in [-0.05, 0) is 26.2 Å². The molecule has 15 heavy (non-hydrogen) atoms. The summed E-state index contributed by atoms with van der Waals surface area (Å²) in [6.07, 6.45) is 3.41. The number of unbranched alkanes of at least 4 members (excludes halogenated alkanes) is 1. The molecule has 1 N–H and O–H groups in total. The van der Waals surface area contributed by atoms with E-state index in [0.29, 0.717) is 19.3 Å². The molecular weight excluding hydrogens is 196 g/mol. The molecule has 0 spiro atoms. The van der Waals surface area contributed by atoms with E-state index >= 15 is 0 Å². The first-order valence-corrected chi connectivity index (χ1v) is 5.47. The van der Waals surface area contributed by atoms with Crippen molar-refractivity contribution in [3.8, 4) is 0 Å². The second-order valence-corrected chi connectivity index (χ2v) is 3.69. The molecule has 88 valence electrons. The van der Waals surface area contributed by atoms with E-state index < -0.39 is 5.97 Å². The Balaban J connectivity index is 3.44. The van der Waals surface area contributed by atoms with Gasteiger partial charge < -0.3 is 9.84 Å². The summed E-state index contributed by atoms with van der Waals surface area (Å²) in [5, 5.41) is 8.38. The zero-order valence-corrected chi connectivity index (χ0v) is 9.49. The van der Waals surface area contributed by atoms with Crippen molar-refractivity contribution >= 4 is 11.9 Å². The zero-order chi connectivity index (χ0) is 11.7. The van der Waals surface area contributed by atoms with Crippen LogP contribution in [0.5, 0.6) is 0 Å². The fourth-order valence-corrected chi connectivity index (χ4v) is 1.29. The molecule has 0 saturated carbocycles. The molecular formula is C11H20O4. The van der Waals surface area contributed by atoms with E-state index in [1.807, 2.05) is 13.8 Å². The van der Waals surface area contributed by atoms with E-state index in [1.54, 1.807) is 0 Å². The van der Waals surface area contributed by atoms with Crippen LogP contribution >= 0.6 is 0 Å². The van der Waals surface area contributed by atoms with Crippen LogP contribution in [0.4, 0.5) is 0 Å². The number of aliphatic carboxylic acids is 1. The van der Waals surface area contributed by atoms with E-state index in [2.05, 4.69) is 0 Å². The Morgan fingerprint density at radius 1 is 1.27 bits per heavy atom. The van der Waals surface area contributed by atoms with Crippen LogP contribution in [-0.2, 0) is 14.3 Å². The fourth-order valence-electron chi connectivity index (χ4n) is 1.29. The molecule has 0 fully saturated rings. The molecule has 1 unspecified atom stereocenters. The van der Waals surface area contributed by atoms with Crippen molar-refractivity contribution in [2.75, 3.05) is 0 Å². The van der Waals surface area contributed by atoms with Crippen molar-refractivity contribution in [2.24, 2.45) is 0 Å². The van der Waals surface area contributed by atoms with Gasteiger partial charge in [0.1, 0.15) is 0 Å². The Bertz CT molecular complexity index is 201. The van der Waals surface area contributed by atoms with Crippen LogP contribution in [0.3, 0.4) is 0 Å². The van der Waals surface area contributed by atoms with Crippen LogP contribution in [0.1, 0.15) is 52.4 Å². The van der Waals surface area contributed by atoms with Gasteiger partial charge in [-0.3, -0.25) is 9.59 Å². The molecule has 0 aliphatic heterocycles. The predicted molar refractivity (Wildman–Crippen MR) is 56.6 cm³/mol. The monoisotopic (exact) mass is 216 g/mol. The lowest BCUT2D eigenvalue weighted by atomic mass is 10.2. The molecule has 0 bridgehead atoms. The highest BCUT2D eigenvalue weighted by atomic mass is 16.5. The van der Waals surface area contributed by atoms with Crippen LogP contribution in [0.15, 0.2) is 0 Å². The summed E-state index contributed by atoms with van der Waals surface area (Å²) in [5.41, 5.74) is 0.